The van der Waals surface area contributed by atoms with Gasteiger partial charge in [0.2, 0.25) is 5.88 Å². The van der Waals surface area contributed by atoms with Gasteiger partial charge in [0.25, 0.3) is 0 Å². The summed E-state index contributed by atoms with van der Waals surface area (Å²) in [6, 6.07) is 11.0. The van der Waals surface area contributed by atoms with Crippen LogP contribution in [-0.2, 0) is 0 Å². The van der Waals surface area contributed by atoms with Gasteiger partial charge in [-0.05, 0) is 12.1 Å². The molecule has 2 N–H and O–H groups in total. The molecule has 23 heavy (non-hydrogen) atoms. The lowest BCUT2D eigenvalue weighted by molar-refractivity contribution is 0.374. The fraction of sp³-hybridized carbons (Fsp3) is 0.200. The number of nitrogens with zero attached hydrogens (tertiary/aromatic N) is 5. The number of benzene rings is 1. The number of nitrogens with two attached hydrogens (primary N) is 1. The highest BCUT2D eigenvalue weighted by Crippen LogP contribution is 2.35. The van der Waals surface area contributed by atoms with Crippen LogP contribution in [0.5, 0.6) is 17.4 Å². The molecule has 116 valence electrons. The standard InChI is InChI=1S/C15H14N6O2/c1-22-11-4-2-3-5-12(11)23-15-13(18)14(19-10-20-15)21(8-6-16)9-7-17/h2-5,10H,8-9,18H2,1H3. The Hall–Kier alpha value is -3.52. The van der Waals surface area contributed by atoms with Crippen LogP contribution in [0.1, 0.15) is 0 Å². The zero-order valence-electron chi connectivity index (χ0n) is 12.4. The third-order valence-electron chi connectivity index (χ3n) is 2.92. The first-order valence-corrected chi connectivity index (χ1v) is 6.61. The van der Waals surface area contributed by atoms with Gasteiger partial charge in [-0.2, -0.15) is 15.5 Å². The van der Waals surface area contributed by atoms with E-state index in [0.29, 0.717) is 11.5 Å². The van der Waals surface area contributed by atoms with Gasteiger partial charge in [-0.15, -0.1) is 0 Å². The number of anilines is 2. The number of aromatic nitrogens is 2. The van der Waals surface area contributed by atoms with Crippen LogP contribution in [0.3, 0.4) is 0 Å². The van der Waals surface area contributed by atoms with Gasteiger partial charge < -0.3 is 20.1 Å². The molecule has 0 aliphatic rings. The van der Waals surface area contributed by atoms with Gasteiger partial charge >= 0.3 is 0 Å². The molecule has 0 amide bonds. The molecule has 0 aliphatic carbocycles. The fourth-order valence-electron chi connectivity index (χ4n) is 1.89. The Morgan fingerprint density at radius 1 is 1.13 bits per heavy atom. The molecule has 1 aromatic carbocycles. The van der Waals surface area contributed by atoms with Crippen LogP contribution in [0.25, 0.3) is 0 Å². The van der Waals surface area contributed by atoms with Crippen LogP contribution in [0.4, 0.5) is 11.5 Å². The third-order valence-corrected chi connectivity index (χ3v) is 2.92. The van der Waals surface area contributed by atoms with Crippen molar-refractivity contribution in [1.29, 1.82) is 10.5 Å². The normalized spacial score (nSPS) is 9.52. The molecule has 0 saturated carbocycles. The van der Waals surface area contributed by atoms with Crippen LogP contribution >= 0.6 is 0 Å². The summed E-state index contributed by atoms with van der Waals surface area (Å²) in [6.07, 6.45) is 1.26. The Morgan fingerprint density at radius 3 is 2.39 bits per heavy atom. The van der Waals surface area contributed by atoms with E-state index < -0.39 is 0 Å². The van der Waals surface area contributed by atoms with Crippen molar-refractivity contribution < 1.29 is 9.47 Å². The van der Waals surface area contributed by atoms with E-state index >= 15 is 0 Å². The Balaban J connectivity index is 2.36. The van der Waals surface area contributed by atoms with Gasteiger partial charge in [-0.25, -0.2) is 4.98 Å². The van der Waals surface area contributed by atoms with Gasteiger partial charge in [0.1, 0.15) is 25.1 Å². The molecule has 0 radical (unpaired) electrons. The van der Waals surface area contributed by atoms with Gasteiger partial charge in [0.15, 0.2) is 17.3 Å². The van der Waals surface area contributed by atoms with Crippen molar-refractivity contribution >= 4 is 11.5 Å². The lowest BCUT2D eigenvalue weighted by atomic mass is 10.3. The van der Waals surface area contributed by atoms with Gasteiger partial charge in [0.05, 0.1) is 19.2 Å². The minimum atomic E-state index is -0.0249. The Labute approximate surface area is 133 Å². The lowest BCUT2D eigenvalue weighted by Gasteiger charge is -2.19. The molecule has 0 atom stereocenters. The first-order chi connectivity index (χ1) is 11.2. The van der Waals surface area contributed by atoms with Gasteiger partial charge in [0, 0.05) is 0 Å². The first-order valence-electron chi connectivity index (χ1n) is 6.61. The average Bonchev–Trinajstić information content (AvgIpc) is 2.57. The quantitative estimate of drug-likeness (QED) is 0.800. The predicted octanol–water partition coefficient (Wildman–Crippen LogP) is 1.71. The highest BCUT2D eigenvalue weighted by atomic mass is 16.5. The molecule has 0 bridgehead atoms. The van der Waals surface area contributed by atoms with E-state index in [1.807, 2.05) is 18.2 Å². The van der Waals surface area contributed by atoms with E-state index in [9.17, 15) is 0 Å². The highest BCUT2D eigenvalue weighted by Gasteiger charge is 2.17. The Morgan fingerprint density at radius 2 is 1.78 bits per heavy atom. The molecule has 0 saturated heterocycles. The number of hydrogen-bond acceptors (Lipinski definition) is 8. The largest absolute Gasteiger partial charge is 0.493 e. The monoisotopic (exact) mass is 310 g/mol. The maximum Gasteiger partial charge on any atom is 0.248 e. The van der Waals surface area contributed by atoms with Crippen LogP contribution in [-0.4, -0.2) is 30.2 Å². The van der Waals surface area contributed by atoms with Crippen LogP contribution in [0.15, 0.2) is 30.6 Å². The summed E-state index contributed by atoms with van der Waals surface area (Å²) in [6.45, 7) is -0.0499. The summed E-state index contributed by atoms with van der Waals surface area (Å²) in [4.78, 5) is 9.48. The number of nitrogen functional groups attached to an aromatic ring is 1. The Bertz CT molecular complexity index is 749. The van der Waals surface area contributed by atoms with Gasteiger partial charge in [-0.1, -0.05) is 12.1 Å². The number of rotatable bonds is 6. The summed E-state index contributed by atoms with van der Waals surface area (Å²) in [7, 11) is 1.53. The SMILES string of the molecule is COc1ccccc1Oc1ncnc(N(CC#N)CC#N)c1N. The molecule has 2 aromatic rings. The van der Waals surface area contributed by atoms with E-state index in [1.165, 1.54) is 18.3 Å². The predicted molar refractivity (Wildman–Crippen MR) is 83.0 cm³/mol. The van der Waals surface area contributed by atoms with Crippen molar-refractivity contribution in [3.8, 4) is 29.5 Å². The molecule has 1 aromatic heterocycles. The molecular weight excluding hydrogens is 296 g/mol. The van der Waals surface area contributed by atoms with Crippen LogP contribution in [0.2, 0.25) is 0 Å². The summed E-state index contributed by atoms with van der Waals surface area (Å²) in [5.74, 6) is 1.37. The molecular formula is C15H14N6O2. The summed E-state index contributed by atoms with van der Waals surface area (Å²) in [5, 5.41) is 17.7. The maximum absolute atomic E-state index is 8.86. The minimum absolute atomic E-state index is 0.0249. The number of ether oxygens (including phenoxy) is 2. The molecule has 1 heterocycles. The molecule has 2 rings (SSSR count). The van der Waals surface area contributed by atoms with Gasteiger partial charge in [-0.3, -0.25) is 0 Å². The molecule has 0 aliphatic heterocycles. The molecule has 8 heteroatoms. The van der Waals surface area contributed by atoms with Crippen molar-refractivity contribution in [3.63, 3.8) is 0 Å². The summed E-state index contributed by atoms with van der Waals surface area (Å²) >= 11 is 0. The number of nitriles is 2. The van der Waals surface area contributed by atoms with Crippen LogP contribution < -0.4 is 20.1 Å². The smallest absolute Gasteiger partial charge is 0.248 e. The highest BCUT2D eigenvalue weighted by molar-refractivity contribution is 5.69. The number of hydrogen-bond donors (Lipinski definition) is 1. The van der Waals surface area contributed by atoms with Crippen molar-refractivity contribution in [2.24, 2.45) is 0 Å². The molecule has 0 spiro atoms. The van der Waals surface area contributed by atoms with E-state index in [1.54, 1.807) is 18.2 Å². The maximum atomic E-state index is 8.86. The second-order valence-electron chi connectivity index (χ2n) is 4.34. The average molecular weight is 310 g/mol. The lowest BCUT2D eigenvalue weighted by Crippen LogP contribution is -2.26. The topological polar surface area (TPSA) is 121 Å². The van der Waals surface area contributed by atoms with E-state index in [0.717, 1.165) is 0 Å². The van der Waals surface area contributed by atoms with E-state index in [2.05, 4.69) is 9.97 Å². The minimum Gasteiger partial charge on any atom is -0.493 e. The van der Waals surface area contributed by atoms with Crippen LogP contribution in [0, 0.1) is 22.7 Å². The number of methoxy groups -OCH3 is 1. The zero-order valence-corrected chi connectivity index (χ0v) is 12.4. The summed E-state index contributed by atoms with van der Waals surface area (Å²) < 4.78 is 10.9. The van der Waals surface area contributed by atoms with Crippen molar-refractivity contribution in [3.05, 3.63) is 30.6 Å². The van der Waals surface area contributed by atoms with E-state index in [4.69, 9.17) is 25.7 Å². The summed E-state index contributed by atoms with van der Waals surface area (Å²) in [5.41, 5.74) is 6.18. The third kappa shape index (κ3) is 3.57. The molecule has 8 nitrogen and oxygen atoms in total. The molecule has 0 fully saturated rings. The number of para-hydroxylation sites is 2. The fourth-order valence-corrected chi connectivity index (χ4v) is 1.89. The first kappa shape index (κ1) is 15.9. The Kier molecular flexibility index (Phi) is 5.16. The second kappa shape index (κ2) is 7.48. The molecule has 0 unspecified atom stereocenters. The van der Waals surface area contributed by atoms with Crippen molar-refractivity contribution in [1.82, 2.24) is 9.97 Å². The van der Waals surface area contributed by atoms with E-state index in [-0.39, 0.29) is 30.5 Å². The van der Waals surface area contributed by atoms with Crippen molar-refractivity contribution in [2.75, 3.05) is 30.8 Å². The zero-order chi connectivity index (χ0) is 16.7. The second-order valence-corrected chi connectivity index (χ2v) is 4.34. The van der Waals surface area contributed by atoms with Crippen molar-refractivity contribution in [2.45, 2.75) is 0 Å².